The fourth-order valence-electron chi connectivity index (χ4n) is 2.77. The average molecular weight is 446 g/mol. The highest BCUT2D eigenvalue weighted by Crippen LogP contribution is 2.34. The van der Waals surface area contributed by atoms with Crippen molar-refractivity contribution in [2.45, 2.75) is 6.92 Å². The number of methoxy groups -OCH3 is 1. The Hall–Kier alpha value is -2.81. The zero-order chi connectivity index (χ0) is 20.5. The number of carbonyl (C=O) groups excluding carboxylic acids is 1. The molecule has 0 spiro atoms. The number of nitrogens with one attached hydrogen (secondary N) is 1. The number of anilines is 1. The molecule has 4 heterocycles. The summed E-state index contributed by atoms with van der Waals surface area (Å²) >= 11 is 13.2. The van der Waals surface area contributed by atoms with Gasteiger partial charge in [0.2, 0.25) is 0 Å². The number of amides is 1. The lowest BCUT2D eigenvalue weighted by Crippen LogP contribution is -2.14. The number of thiazole rings is 1. The minimum absolute atomic E-state index is 0.288. The van der Waals surface area contributed by atoms with E-state index in [4.69, 9.17) is 27.9 Å². The van der Waals surface area contributed by atoms with Gasteiger partial charge >= 0.3 is 0 Å². The number of ether oxygens (including phenoxy) is 1. The Morgan fingerprint density at radius 2 is 1.90 bits per heavy atom. The van der Waals surface area contributed by atoms with Crippen LogP contribution in [0.15, 0.2) is 36.7 Å². The van der Waals surface area contributed by atoms with Crippen molar-refractivity contribution in [3.05, 3.63) is 58.2 Å². The van der Waals surface area contributed by atoms with Crippen LogP contribution < -0.4 is 10.1 Å². The molecular weight excluding hydrogens is 433 g/mol. The highest BCUT2D eigenvalue weighted by Gasteiger charge is 2.19. The maximum absolute atomic E-state index is 13.0. The zero-order valence-electron chi connectivity index (χ0n) is 15.2. The summed E-state index contributed by atoms with van der Waals surface area (Å²) in [5, 5.41) is 3.87. The first-order valence-electron chi connectivity index (χ1n) is 8.35. The summed E-state index contributed by atoms with van der Waals surface area (Å²) in [5.41, 5.74) is 3.01. The van der Waals surface area contributed by atoms with E-state index in [1.165, 1.54) is 30.8 Å². The van der Waals surface area contributed by atoms with Gasteiger partial charge in [0.25, 0.3) is 5.91 Å². The number of carbonyl (C=O) groups is 1. The molecule has 0 aliphatic heterocycles. The minimum atomic E-state index is -0.368. The summed E-state index contributed by atoms with van der Waals surface area (Å²) in [6.07, 6.45) is 3.02. The predicted molar refractivity (Wildman–Crippen MR) is 114 cm³/mol. The van der Waals surface area contributed by atoms with Gasteiger partial charge < -0.3 is 4.74 Å². The van der Waals surface area contributed by atoms with Crippen LogP contribution in [-0.2, 0) is 0 Å². The van der Waals surface area contributed by atoms with Crippen LogP contribution in [0, 0.1) is 6.92 Å². The molecule has 4 aromatic heterocycles. The molecule has 29 heavy (non-hydrogen) atoms. The second-order valence-electron chi connectivity index (χ2n) is 6.01. The van der Waals surface area contributed by atoms with Gasteiger partial charge in [0.15, 0.2) is 5.13 Å². The number of halogens is 2. The molecule has 0 fully saturated rings. The lowest BCUT2D eigenvalue weighted by molar-refractivity contribution is 0.102. The standard InChI is InChI=1S/C19H13Cl2N5O2S/c1-9-5-10(11-6-16(21)23-8-14(11)28-2)12(7-22-9)17(27)26-19-24-13-3-4-15(20)25-18(13)29-19/h3-8H,1-2H3,(H,24,26,27). The van der Waals surface area contributed by atoms with E-state index in [1.807, 2.05) is 6.92 Å². The molecule has 146 valence electrons. The quantitative estimate of drug-likeness (QED) is 0.443. The Morgan fingerprint density at radius 3 is 2.69 bits per heavy atom. The molecule has 0 aromatic carbocycles. The number of nitrogens with zero attached hydrogens (tertiary/aromatic N) is 4. The van der Waals surface area contributed by atoms with Gasteiger partial charge in [0, 0.05) is 23.0 Å². The van der Waals surface area contributed by atoms with E-state index in [0.29, 0.717) is 43.1 Å². The van der Waals surface area contributed by atoms with Crippen molar-refractivity contribution in [3.8, 4) is 16.9 Å². The largest absolute Gasteiger partial charge is 0.494 e. The van der Waals surface area contributed by atoms with E-state index >= 15 is 0 Å². The fraction of sp³-hybridized carbons (Fsp3) is 0.105. The number of rotatable bonds is 4. The second kappa shape index (κ2) is 7.90. The highest BCUT2D eigenvalue weighted by molar-refractivity contribution is 7.22. The molecule has 4 aromatic rings. The normalized spacial score (nSPS) is 10.9. The highest BCUT2D eigenvalue weighted by atomic mass is 35.5. The zero-order valence-corrected chi connectivity index (χ0v) is 17.6. The summed E-state index contributed by atoms with van der Waals surface area (Å²) in [4.78, 5) is 30.5. The summed E-state index contributed by atoms with van der Waals surface area (Å²) in [6.45, 7) is 1.84. The summed E-state index contributed by atoms with van der Waals surface area (Å²) in [6, 6.07) is 6.84. The van der Waals surface area contributed by atoms with Crippen LogP contribution >= 0.6 is 34.5 Å². The molecule has 0 saturated carbocycles. The van der Waals surface area contributed by atoms with Gasteiger partial charge in [0.1, 0.15) is 26.4 Å². The first kappa shape index (κ1) is 19.5. The number of hydrogen-bond acceptors (Lipinski definition) is 7. The van der Waals surface area contributed by atoms with Crippen molar-refractivity contribution in [2.75, 3.05) is 12.4 Å². The molecule has 4 rings (SSSR count). The van der Waals surface area contributed by atoms with Crippen molar-refractivity contribution in [2.24, 2.45) is 0 Å². The smallest absolute Gasteiger partial charge is 0.259 e. The van der Waals surface area contributed by atoms with Crippen molar-refractivity contribution in [3.63, 3.8) is 0 Å². The number of hydrogen-bond donors (Lipinski definition) is 1. The van der Waals surface area contributed by atoms with E-state index in [2.05, 4.69) is 25.3 Å². The molecule has 0 aliphatic rings. The Bertz CT molecular complexity index is 1240. The van der Waals surface area contributed by atoms with Crippen LogP contribution in [-0.4, -0.2) is 33.0 Å². The predicted octanol–water partition coefficient (Wildman–Crippen LogP) is 5.02. The number of aromatic nitrogens is 4. The van der Waals surface area contributed by atoms with E-state index in [9.17, 15) is 4.79 Å². The Labute approximate surface area is 179 Å². The molecule has 1 N–H and O–H groups in total. The fourth-order valence-corrected chi connectivity index (χ4v) is 3.96. The summed E-state index contributed by atoms with van der Waals surface area (Å²) < 4.78 is 5.39. The Balaban J connectivity index is 1.75. The van der Waals surface area contributed by atoms with Crippen LogP contribution in [0.3, 0.4) is 0 Å². The molecule has 7 nitrogen and oxygen atoms in total. The van der Waals surface area contributed by atoms with Crippen molar-refractivity contribution in [1.82, 2.24) is 19.9 Å². The number of aryl methyl sites for hydroxylation is 1. The van der Waals surface area contributed by atoms with Gasteiger partial charge in [-0.2, -0.15) is 0 Å². The van der Waals surface area contributed by atoms with Crippen molar-refractivity contribution >= 4 is 55.9 Å². The lowest BCUT2D eigenvalue weighted by atomic mass is 10.0. The van der Waals surface area contributed by atoms with Crippen LogP contribution in [0.1, 0.15) is 16.1 Å². The van der Waals surface area contributed by atoms with E-state index < -0.39 is 0 Å². The van der Waals surface area contributed by atoms with Crippen molar-refractivity contribution in [1.29, 1.82) is 0 Å². The molecule has 0 atom stereocenters. The first-order valence-corrected chi connectivity index (χ1v) is 9.93. The van der Waals surface area contributed by atoms with Crippen LogP contribution in [0.2, 0.25) is 10.3 Å². The molecule has 0 radical (unpaired) electrons. The third-order valence-corrected chi connectivity index (χ3v) is 5.37. The van der Waals surface area contributed by atoms with Gasteiger partial charge in [-0.25, -0.2) is 15.0 Å². The maximum Gasteiger partial charge on any atom is 0.259 e. The minimum Gasteiger partial charge on any atom is -0.494 e. The maximum atomic E-state index is 13.0. The van der Waals surface area contributed by atoms with Crippen LogP contribution in [0.4, 0.5) is 5.13 Å². The molecule has 10 heteroatoms. The second-order valence-corrected chi connectivity index (χ2v) is 7.76. The van der Waals surface area contributed by atoms with E-state index in [1.54, 1.807) is 24.3 Å². The monoisotopic (exact) mass is 445 g/mol. The van der Waals surface area contributed by atoms with Gasteiger partial charge in [0.05, 0.1) is 18.9 Å². The first-order chi connectivity index (χ1) is 13.9. The Morgan fingerprint density at radius 1 is 1.07 bits per heavy atom. The molecule has 0 saturated heterocycles. The van der Waals surface area contributed by atoms with Gasteiger partial charge in [-0.15, -0.1) is 0 Å². The summed E-state index contributed by atoms with van der Waals surface area (Å²) in [5.74, 6) is 0.125. The molecule has 1 amide bonds. The van der Waals surface area contributed by atoms with E-state index in [-0.39, 0.29) is 11.1 Å². The molecule has 0 bridgehead atoms. The average Bonchev–Trinajstić information content (AvgIpc) is 3.09. The lowest BCUT2D eigenvalue weighted by Gasteiger charge is -2.13. The Kier molecular flexibility index (Phi) is 5.31. The topological polar surface area (TPSA) is 89.9 Å². The van der Waals surface area contributed by atoms with Crippen LogP contribution in [0.25, 0.3) is 21.5 Å². The van der Waals surface area contributed by atoms with Crippen molar-refractivity contribution < 1.29 is 9.53 Å². The molecule has 0 unspecified atom stereocenters. The third-order valence-electron chi connectivity index (χ3n) is 4.07. The molecular formula is C19H13Cl2N5O2S. The van der Waals surface area contributed by atoms with E-state index in [0.717, 1.165) is 5.69 Å². The number of pyridine rings is 3. The number of fused-ring (bicyclic) bond motifs is 1. The third kappa shape index (κ3) is 4.00. The van der Waals surface area contributed by atoms with Gasteiger partial charge in [-0.3, -0.25) is 15.1 Å². The SMILES string of the molecule is COc1cnc(Cl)cc1-c1cc(C)ncc1C(=O)Nc1nc2ccc(Cl)nc2s1. The van der Waals surface area contributed by atoms with Crippen LogP contribution in [0.5, 0.6) is 5.75 Å². The molecule has 0 aliphatic carbocycles. The van der Waals surface area contributed by atoms with Gasteiger partial charge in [-0.05, 0) is 31.2 Å². The van der Waals surface area contributed by atoms with Gasteiger partial charge in [-0.1, -0.05) is 34.5 Å². The summed E-state index contributed by atoms with van der Waals surface area (Å²) in [7, 11) is 1.53.